The van der Waals surface area contributed by atoms with Crippen molar-refractivity contribution in [2.24, 2.45) is 5.41 Å². The molecule has 2 aliphatic heterocycles. The van der Waals surface area contributed by atoms with Crippen molar-refractivity contribution in [3.8, 4) is 0 Å². The SMILES string of the molecule is CS(=O)(=O)N1CC(F)(F)C[C@]2(CCN(c3cccnc3)C2=O)C1. The molecule has 3 heterocycles. The fourth-order valence-corrected chi connectivity index (χ4v) is 4.29. The number of nitrogens with zero attached hydrogens (tertiary/aromatic N) is 3. The van der Waals surface area contributed by atoms with E-state index < -0.39 is 40.2 Å². The lowest BCUT2D eigenvalue weighted by Crippen LogP contribution is -2.56. The fourth-order valence-electron chi connectivity index (χ4n) is 3.38. The first-order chi connectivity index (χ1) is 10.6. The van der Waals surface area contributed by atoms with Crippen LogP contribution in [0.2, 0.25) is 0 Å². The summed E-state index contributed by atoms with van der Waals surface area (Å²) in [5.41, 5.74) is -0.838. The highest BCUT2D eigenvalue weighted by Crippen LogP contribution is 2.47. The number of halogens is 2. The maximum atomic E-state index is 14.1. The number of anilines is 1. The van der Waals surface area contributed by atoms with Crippen molar-refractivity contribution in [2.45, 2.75) is 18.8 Å². The number of sulfonamides is 1. The number of amides is 1. The van der Waals surface area contributed by atoms with Crippen molar-refractivity contribution in [1.82, 2.24) is 9.29 Å². The molecule has 0 unspecified atom stereocenters. The van der Waals surface area contributed by atoms with Crippen LogP contribution in [0.5, 0.6) is 0 Å². The monoisotopic (exact) mass is 345 g/mol. The van der Waals surface area contributed by atoms with Gasteiger partial charge in [-0.25, -0.2) is 17.2 Å². The zero-order valence-electron chi connectivity index (χ0n) is 12.6. The smallest absolute Gasteiger partial charge is 0.262 e. The molecule has 1 aromatic rings. The molecule has 2 fully saturated rings. The van der Waals surface area contributed by atoms with E-state index in [2.05, 4.69) is 4.98 Å². The number of hydrogen-bond donors (Lipinski definition) is 0. The van der Waals surface area contributed by atoms with Crippen LogP contribution < -0.4 is 4.90 Å². The minimum Gasteiger partial charge on any atom is -0.310 e. The first-order valence-corrected chi connectivity index (χ1v) is 9.03. The standard InChI is InChI=1S/C14H17F2N3O3S/c1-23(21,22)18-9-13(8-14(15,16)10-18)4-6-19(12(13)20)11-3-2-5-17-7-11/h2-3,5,7H,4,6,8-10H2,1H3/t13-/m1/s1. The van der Waals surface area contributed by atoms with Crippen LogP contribution in [-0.4, -0.2) is 55.4 Å². The molecule has 23 heavy (non-hydrogen) atoms. The van der Waals surface area contributed by atoms with E-state index in [0.29, 0.717) is 5.69 Å². The molecule has 6 nitrogen and oxygen atoms in total. The fraction of sp³-hybridized carbons (Fsp3) is 0.571. The van der Waals surface area contributed by atoms with Gasteiger partial charge in [-0.3, -0.25) is 9.78 Å². The van der Waals surface area contributed by atoms with Gasteiger partial charge in [-0.15, -0.1) is 0 Å². The van der Waals surface area contributed by atoms with Crippen molar-refractivity contribution >= 4 is 21.6 Å². The van der Waals surface area contributed by atoms with Crippen LogP contribution >= 0.6 is 0 Å². The summed E-state index contributed by atoms with van der Waals surface area (Å²) in [6.07, 6.45) is 3.51. The number of piperidine rings is 1. The summed E-state index contributed by atoms with van der Waals surface area (Å²) >= 11 is 0. The van der Waals surface area contributed by atoms with Gasteiger partial charge in [0, 0.05) is 25.7 Å². The van der Waals surface area contributed by atoms with Crippen LogP contribution in [0.3, 0.4) is 0 Å². The highest BCUT2D eigenvalue weighted by atomic mass is 32.2. The number of hydrogen-bond acceptors (Lipinski definition) is 4. The molecule has 1 aromatic heterocycles. The summed E-state index contributed by atoms with van der Waals surface area (Å²) in [4.78, 5) is 18.1. The van der Waals surface area contributed by atoms with Crippen LogP contribution in [0.25, 0.3) is 0 Å². The molecule has 3 rings (SSSR count). The van der Waals surface area contributed by atoms with Gasteiger partial charge in [0.2, 0.25) is 15.9 Å². The Kier molecular flexibility index (Phi) is 3.68. The lowest BCUT2D eigenvalue weighted by atomic mass is 9.78. The van der Waals surface area contributed by atoms with E-state index in [4.69, 9.17) is 0 Å². The van der Waals surface area contributed by atoms with Crippen molar-refractivity contribution < 1.29 is 22.0 Å². The van der Waals surface area contributed by atoms with Gasteiger partial charge in [-0.05, 0) is 18.6 Å². The van der Waals surface area contributed by atoms with Crippen molar-refractivity contribution in [2.75, 3.05) is 30.8 Å². The Morgan fingerprint density at radius 3 is 2.65 bits per heavy atom. The average Bonchev–Trinajstić information content (AvgIpc) is 2.74. The van der Waals surface area contributed by atoms with E-state index in [-0.39, 0.29) is 19.5 Å². The number of carbonyl (C=O) groups excluding carboxylic acids is 1. The van der Waals surface area contributed by atoms with Gasteiger partial charge in [0.1, 0.15) is 0 Å². The van der Waals surface area contributed by atoms with Crippen LogP contribution in [0.15, 0.2) is 24.5 Å². The Morgan fingerprint density at radius 2 is 2.04 bits per heavy atom. The van der Waals surface area contributed by atoms with Crippen LogP contribution in [0.1, 0.15) is 12.8 Å². The molecule has 1 atom stereocenters. The normalized spacial score (nSPS) is 28.5. The maximum absolute atomic E-state index is 14.1. The van der Waals surface area contributed by atoms with E-state index in [1.54, 1.807) is 18.3 Å². The minimum absolute atomic E-state index is 0.197. The first kappa shape index (κ1) is 16.3. The van der Waals surface area contributed by atoms with E-state index in [1.807, 2.05) is 0 Å². The zero-order chi connectivity index (χ0) is 16.9. The Bertz CT molecular complexity index is 726. The van der Waals surface area contributed by atoms with E-state index in [0.717, 1.165) is 10.6 Å². The first-order valence-electron chi connectivity index (χ1n) is 7.18. The molecule has 0 bridgehead atoms. The highest BCUT2D eigenvalue weighted by Gasteiger charge is 2.58. The number of alkyl halides is 2. The zero-order valence-corrected chi connectivity index (χ0v) is 13.4. The summed E-state index contributed by atoms with van der Waals surface area (Å²) in [6, 6.07) is 3.34. The summed E-state index contributed by atoms with van der Waals surface area (Å²) in [6.45, 7) is -0.789. The number of pyridine rings is 1. The molecule has 2 saturated heterocycles. The maximum Gasteiger partial charge on any atom is 0.262 e. The van der Waals surface area contributed by atoms with Crippen LogP contribution in [0, 0.1) is 5.41 Å². The van der Waals surface area contributed by atoms with Crippen molar-refractivity contribution in [1.29, 1.82) is 0 Å². The van der Waals surface area contributed by atoms with Gasteiger partial charge < -0.3 is 4.90 Å². The van der Waals surface area contributed by atoms with E-state index in [1.165, 1.54) is 11.1 Å². The quantitative estimate of drug-likeness (QED) is 0.805. The molecule has 0 N–H and O–H groups in total. The number of aromatic nitrogens is 1. The largest absolute Gasteiger partial charge is 0.310 e. The van der Waals surface area contributed by atoms with Gasteiger partial charge >= 0.3 is 0 Å². The second-order valence-corrected chi connectivity index (χ2v) is 8.24. The molecule has 0 saturated carbocycles. The van der Waals surface area contributed by atoms with Crippen LogP contribution in [0.4, 0.5) is 14.5 Å². The van der Waals surface area contributed by atoms with Crippen molar-refractivity contribution in [3.63, 3.8) is 0 Å². The molecule has 9 heteroatoms. The molecule has 0 radical (unpaired) electrons. The van der Waals surface area contributed by atoms with E-state index in [9.17, 15) is 22.0 Å². The molecule has 1 amide bonds. The lowest BCUT2D eigenvalue weighted by Gasteiger charge is -2.41. The van der Waals surface area contributed by atoms with Crippen LogP contribution in [-0.2, 0) is 14.8 Å². The van der Waals surface area contributed by atoms with Gasteiger partial charge in [-0.2, -0.15) is 4.31 Å². The molecular weight excluding hydrogens is 328 g/mol. The van der Waals surface area contributed by atoms with Crippen molar-refractivity contribution in [3.05, 3.63) is 24.5 Å². The summed E-state index contributed by atoms with van der Waals surface area (Å²) in [5, 5.41) is 0. The summed E-state index contributed by atoms with van der Waals surface area (Å²) in [5.74, 6) is -3.68. The predicted octanol–water partition coefficient (Wildman–Crippen LogP) is 1.11. The highest BCUT2D eigenvalue weighted by molar-refractivity contribution is 7.88. The third-order valence-corrected chi connectivity index (χ3v) is 5.62. The van der Waals surface area contributed by atoms with E-state index >= 15 is 0 Å². The number of carbonyl (C=O) groups is 1. The third-order valence-electron chi connectivity index (χ3n) is 4.42. The van der Waals surface area contributed by atoms with Gasteiger partial charge in [-0.1, -0.05) is 0 Å². The van der Waals surface area contributed by atoms with Gasteiger partial charge in [0.15, 0.2) is 0 Å². The summed E-state index contributed by atoms with van der Waals surface area (Å²) < 4.78 is 52.4. The average molecular weight is 345 g/mol. The Hall–Kier alpha value is -1.61. The Labute approximate surface area is 133 Å². The molecular formula is C14H17F2N3O3S. The molecule has 0 aromatic carbocycles. The topological polar surface area (TPSA) is 70.6 Å². The Balaban J connectivity index is 1.94. The molecule has 1 spiro atoms. The van der Waals surface area contributed by atoms with Gasteiger partial charge in [0.05, 0.1) is 30.1 Å². The minimum atomic E-state index is -3.80. The molecule has 0 aliphatic carbocycles. The Morgan fingerprint density at radius 1 is 1.30 bits per heavy atom. The second kappa shape index (κ2) is 5.20. The lowest BCUT2D eigenvalue weighted by molar-refractivity contribution is -0.140. The predicted molar refractivity (Wildman–Crippen MR) is 79.6 cm³/mol. The third kappa shape index (κ3) is 2.94. The number of rotatable bonds is 2. The summed E-state index contributed by atoms with van der Waals surface area (Å²) in [7, 11) is -3.80. The molecule has 2 aliphatic rings. The van der Waals surface area contributed by atoms with Gasteiger partial charge in [0.25, 0.3) is 5.92 Å². The second-order valence-electron chi connectivity index (χ2n) is 6.26. The molecule has 126 valence electrons.